The molecule has 180 valence electrons. The highest BCUT2D eigenvalue weighted by atomic mass is 16.6. The number of rotatable bonds is 21. The third-order valence-corrected chi connectivity index (χ3v) is 4.21. The highest BCUT2D eigenvalue weighted by molar-refractivity contribution is 5.32. The lowest BCUT2D eigenvalue weighted by Gasteiger charge is -2.22. The number of hydrogen-bond acceptors (Lipinski definition) is 10. The molecule has 0 spiro atoms. The maximum absolute atomic E-state index is 5.70. The minimum Gasteiger partial charge on any atom is -0.461 e. The van der Waals surface area contributed by atoms with Gasteiger partial charge in [0.15, 0.2) is 0 Å². The molecule has 0 bridgehead atoms. The first-order chi connectivity index (χ1) is 15.2. The fourth-order valence-corrected chi connectivity index (χ4v) is 2.48. The summed E-state index contributed by atoms with van der Waals surface area (Å²) in [6, 6.07) is 0.460. The zero-order valence-electron chi connectivity index (χ0n) is 19.6. The van der Waals surface area contributed by atoms with Gasteiger partial charge in [0, 0.05) is 27.3 Å². The van der Waals surface area contributed by atoms with Gasteiger partial charge in [-0.2, -0.15) is 9.97 Å². The maximum Gasteiger partial charge on any atom is 0.324 e. The van der Waals surface area contributed by atoms with Gasteiger partial charge in [-0.15, -0.1) is 4.98 Å². The van der Waals surface area contributed by atoms with Crippen LogP contribution in [0, 0.1) is 0 Å². The van der Waals surface area contributed by atoms with Crippen LogP contribution in [0.15, 0.2) is 0 Å². The molecule has 0 saturated carbocycles. The van der Waals surface area contributed by atoms with Gasteiger partial charge in [0.05, 0.1) is 39.6 Å². The second-order valence-corrected chi connectivity index (χ2v) is 6.80. The number of nitrogens with zero attached hydrogens (tertiary/aromatic N) is 4. The Morgan fingerprint density at radius 3 is 1.48 bits per heavy atom. The van der Waals surface area contributed by atoms with E-state index in [4.69, 9.17) is 28.4 Å². The Balaban J connectivity index is 2.76. The second kappa shape index (κ2) is 19.0. The number of aromatic nitrogens is 3. The van der Waals surface area contributed by atoms with Crippen LogP contribution in [0.4, 0.5) is 5.95 Å². The van der Waals surface area contributed by atoms with Gasteiger partial charge in [-0.05, 0) is 12.8 Å². The van der Waals surface area contributed by atoms with E-state index in [-0.39, 0.29) is 12.0 Å². The summed E-state index contributed by atoms with van der Waals surface area (Å²) >= 11 is 0. The molecule has 10 heteroatoms. The van der Waals surface area contributed by atoms with Crippen molar-refractivity contribution in [2.75, 3.05) is 85.1 Å². The Labute approximate surface area is 186 Å². The first kappa shape index (κ1) is 27.3. The molecule has 1 aromatic rings. The average molecular weight is 445 g/mol. The standard InChI is InChI=1S/C21H40N4O6/c1-5-7-9-25(10-8-6-2)19-22-20(30-17-15-28-13-11-26-3)24-21(23-19)31-18-16-29-14-12-27-4/h5-18H2,1-4H3. The third kappa shape index (κ3) is 13.3. The zero-order chi connectivity index (χ0) is 22.6. The predicted molar refractivity (Wildman–Crippen MR) is 118 cm³/mol. The molecule has 1 aromatic heterocycles. The third-order valence-electron chi connectivity index (χ3n) is 4.21. The molecule has 0 saturated heterocycles. The second-order valence-electron chi connectivity index (χ2n) is 6.80. The topological polar surface area (TPSA) is 97.3 Å². The van der Waals surface area contributed by atoms with E-state index < -0.39 is 0 Å². The Hall–Kier alpha value is -1.75. The highest BCUT2D eigenvalue weighted by Gasteiger charge is 2.15. The normalized spacial score (nSPS) is 11.0. The van der Waals surface area contributed by atoms with Crippen molar-refractivity contribution in [3.8, 4) is 12.0 Å². The monoisotopic (exact) mass is 444 g/mol. The number of ether oxygens (including phenoxy) is 6. The molecule has 0 aliphatic rings. The van der Waals surface area contributed by atoms with E-state index in [2.05, 4.69) is 33.7 Å². The van der Waals surface area contributed by atoms with E-state index in [1.54, 1.807) is 14.2 Å². The minimum atomic E-state index is 0.230. The van der Waals surface area contributed by atoms with Crippen molar-refractivity contribution < 1.29 is 28.4 Å². The first-order valence-corrected chi connectivity index (χ1v) is 11.1. The van der Waals surface area contributed by atoms with Gasteiger partial charge in [-0.1, -0.05) is 26.7 Å². The Kier molecular flexibility index (Phi) is 16.7. The molecule has 31 heavy (non-hydrogen) atoms. The SMILES string of the molecule is CCCCN(CCCC)c1nc(OCCOCCOC)nc(OCCOCCOC)n1. The van der Waals surface area contributed by atoms with Gasteiger partial charge < -0.3 is 33.3 Å². The molecule has 0 aliphatic heterocycles. The van der Waals surface area contributed by atoms with Gasteiger partial charge in [-0.3, -0.25) is 0 Å². The van der Waals surface area contributed by atoms with E-state index in [1.807, 2.05) is 0 Å². The molecular formula is C21H40N4O6. The molecule has 0 N–H and O–H groups in total. The smallest absolute Gasteiger partial charge is 0.324 e. The Morgan fingerprint density at radius 1 is 0.613 bits per heavy atom. The largest absolute Gasteiger partial charge is 0.461 e. The van der Waals surface area contributed by atoms with E-state index in [0.717, 1.165) is 38.8 Å². The first-order valence-electron chi connectivity index (χ1n) is 11.1. The van der Waals surface area contributed by atoms with Crippen LogP contribution in [0.25, 0.3) is 0 Å². The molecule has 0 fully saturated rings. The van der Waals surface area contributed by atoms with Gasteiger partial charge in [-0.25, -0.2) is 0 Å². The van der Waals surface area contributed by atoms with Crippen LogP contribution in [-0.4, -0.2) is 95.1 Å². The molecule has 0 aliphatic carbocycles. The summed E-state index contributed by atoms with van der Waals surface area (Å²) in [6.07, 6.45) is 4.31. The molecular weight excluding hydrogens is 404 g/mol. The predicted octanol–water partition coefficient (Wildman–Crippen LogP) is 2.36. The summed E-state index contributed by atoms with van der Waals surface area (Å²) < 4.78 is 32.2. The summed E-state index contributed by atoms with van der Waals surface area (Å²) in [7, 11) is 3.28. The van der Waals surface area contributed by atoms with Crippen LogP contribution in [0.5, 0.6) is 12.0 Å². The summed E-state index contributed by atoms with van der Waals surface area (Å²) in [5, 5.41) is 0. The number of unbranched alkanes of at least 4 members (excludes halogenated alkanes) is 2. The van der Waals surface area contributed by atoms with Gasteiger partial charge in [0.2, 0.25) is 5.95 Å². The minimum absolute atomic E-state index is 0.230. The molecule has 0 unspecified atom stereocenters. The lowest BCUT2D eigenvalue weighted by atomic mass is 10.3. The highest BCUT2D eigenvalue weighted by Crippen LogP contribution is 2.18. The summed E-state index contributed by atoms with van der Waals surface area (Å²) in [6.45, 7) is 9.71. The summed E-state index contributed by atoms with van der Waals surface area (Å²) in [4.78, 5) is 15.5. The van der Waals surface area contributed by atoms with Crippen LogP contribution in [-0.2, 0) is 18.9 Å². The van der Waals surface area contributed by atoms with Crippen LogP contribution in [0.1, 0.15) is 39.5 Å². The van der Waals surface area contributed by atoms with Gasteiger partial charge in [0.1, 0.15) is 13.2 Å². The molecule has 0 radical (unpaired) electrons. The quantitative estimate of drug-likeness (QED) is 0.263. The molecule has 0 aromatic carbocycles. The summed E-state index contributed by atoms with van der Waals surface area (Å²) in [5.74, 6) is 0.572. The molecule has 1 heterocycles. The van der Waals surface area contributed by atoms with Crippen molar-refractivity contribution in [3.63, 3.8) is 0 Å². The van der Waals surface area contributed by atoms with Crippen LogP contribution < -0.4 is 14.4 Å². The van der Waals surface area contributed by atoms with Gasteiger partial charge >= 0.3 is 12.0 Å². The van der Waals surface area contributed by atoms with E-state index in [0.29, 0.717) is 58.8 Å². The van der Waals surface area contributed by atoms with E-state index in [1.165, 1.54) is 0 Å². The van der Waals surface area contributed by atoms with Gasteiger partial charge in [0.25, 0.3) is 0 Å². The zero-order valence-corrected chi connectivity index (χ0v) is 19.6. The van der Waals surface area contributed by atoms with Crippen LogP contribution in [0.2, 0.25) is 0 Å². The number of hydrogen-bond donors (Lipinski definition) is 0. The lowest BCUT2D eigenvalue weighted by molar-refractivity contribution is 0.0503. The van der Waals surface area contributed by atoms with E-state index >= 15 is 0 Å². The average Bonchev–Trinajstić information content (AvgIpc) is 2.78. The fourth-order valence-electron chi connectivity index (χ4n) is 2.48. The van der Waals surface area contributed by atoms with Crippen molar-refractivity contribution in [3.05, 3.63) is 0 Å². The maximum atomic E-state index is 5.70. The Bertz CT molecular complexity index is 510. The number of anilines is 1. The summed E-state index contributed by atoms with van der Waals surface area (Å²) in [5.41, 5.74) is 0. The molecule has 1 rings (SSSR count). The Morgan fingerprint density at radius 2 is 1.06 bits per heavy atom. The van der Waals surface area contributed by atoms with Crippen molar-refractivity contribution in [2.24, 2.45) is 0 Å². The number of methoxy groups -OCH3 is 2. The molecule has 0 amide bonds. The van der Waals surface area contributed by atoms with Crippen molar-refractivity contribution in [1.29, 1.82) is 0 Å². The van der Waals surface area contributed by atoms with Crippen molar-refractivity contribution in [1.82, 2.24) is 15.0 Å². The van der Waals surface area contributed by atoms with Crippen LogP contribution >= 0.6 is 0 Å². The lowest BCUT2D eigenvalue weighted by Crippen LogP contribution is -2.28. The molecule has 10 nitrogen and oxygen atoms in total. The van der Waals surface area contributed by atoms with Crippen molar-refractivity contribution in [2.45, 2.75) is 39.5 Å². The van der Waals surface area contributed by atoms with E-state index in [9.17, 15) is 0 Å². The van der Waals surface area contributed by atoms with Crippen molar-refractivity contribution >= 4 is 5.95 Å². The van der Waals surface area contributed by atoms with Crippen LogP contribution in [0.3, 0.4) is 0 Å². The fraction of sp³-hybridized carbons (Fsp3) is 0.857. The molecule has 0 atom stereocenters.